The summed E-state index contributed by atoms with van der Waals surface area (Å²) in [5.41, 5.74) is 2.40. The van der Waals surface area contributed by atoms with Gasteiger partial charge in [-0.15, -0.1) is 0 Å². The van der Waals surface area contributed by atoms with Crippen LogP contribution < -0.4 is 9.80 Å². The van der Waals surface area contributed by atoms with Gasteiger partial charge in [0.2, 0.25) is 10.0 Å². The van der Waals surface area contributed by atoms with Gasteiger partial charge in [-0.25, -0.2) is 17.4 Å². The fraction of sp³-hybridized carbons (Fsp3) is 0.500. The Kier molecular flexibility index (Phi) is 5.81. The summed E-state index contributed by atoms with van der Waals surface area (Å²) in [5.74, 6) is 0. The second-order valence-corrected chi connectivity index (χ2v) is 9.69. The fourth-order valence-corrected chi connectivity index (χ4v) is 4.96. The molecule has 2 aromatic rings. The molecule has 2 heterocycles. The van der Waals surface area contributed by atoms with Crippen molar-refractivity contribution in [2.75, 3.05) is 45.2 Å². The van der Waals surface area contributed by atoms with Crippen LogP contribution in [0.3, 0.4) is 0 Å². The number of hydrogen-bond donors (Lipinski definition) is 1. The Bertz CT molecular complexity index is 918. The summed E-state index contributed by atoms with van der Waals surface area (Å²) in [6.07, 6.45) is 0. The summed E-state index contributed by atoms with van der Waals surface area (Å²) in [7, 11) is -0.392. The van der Waals surface area contributed by atoms with Crippen molar-refractivity contribution in [3.05, 3.63) is 40.7 Å². The number of sulfonamides is 1. The molecule has 1 saturated heterocycles. The van der Waals surface area contributed by atoms with Crippen LogP contribution in [0.2, 0.25) is 5.02 Å². The van der Waals surface area contributed by atoms with E-state index >= 15 is 0 Å². The predicted molar refractivity (Wildman–Crippen MR) is 107 cm³/mol. The molecule has 0 spiro atoms. The first-order valence-electron chi connectivity index (χ1n) is 9.00. The summed E-state index contributed by atoms with van der Waals surface area (Å²) in [5, 5.41) is 5.25. The molecule has 1 aliphatic heterocycles. The number of halogens is 1. The van der Waals surface area contributed by atoms with Gasteiger partial charge >= 0.3 is 0 Å². The number of piperazine rings is 1. The van der Waals surface area contributed by atoms with Gasteiger partial charge in [0.25, 0.3) is 0 Å². The van der Waals surface area contributed by atoms with Gasteiger partial charge in [-0.05, 0) is 32.0 Å². The highest BCUT2D eigenvalue weighted by Gasteiger charge is 2.28. The lowest BCUT2D eigenvalue weighted by molar-refractivity contribution is -0.924. The van der Waals surface area contributed by atoms with Crippen molar-refractivity contribution in [2.24, 2.45) is 0 Å². The van der Waals surface area contributed by atoms with Crippen LogP contribution in [0.25, 0.3) is 0 Å². The lowest BCUT2D eigenvalue weighted by Gasteiger charge is -2.33. The fourth-order valence-electron chi connectivity index (χ4n) is 3.51. The number of nitrogens with zero attached hydrogens (tertiary/aromatic N) is 4. The van der Waals surface area contributed by atoms with Gasteiger partial charge < -0.3 is 9.80 Å². The van der Waals surface area contributed by atoms with Gasteiger partial charge in [0.05, 0.1) is 37.6 Å². The minimum atomic E-state index is -3.49. The highest BCUT2D eigenvalue weighted by molar-refractivity contribution is 7.89. The van der Waals surface area contributed by atoms with Crippen LogP contribution in [-0.4, -0.2) is 62.8 Å². The smallest absolute Gasteiger partial charge is 0.246 e. The highest BCUT2D eigenvalue weighted by Crippen LogP contribution is 2.22. The maximum Gasteiger partial charge on any atom is 0.246 e. The molecule has 1 aliphatic rings. The Morgan fingerprint density at radius 3 is 2.48 bits per heavy atom. The number of anilines is 1. The Morgan fingerprint density at radius 2 is 1.89 bits per heavy atom. The third-order valence-corrected chi connectivity index (χ3v) is 7.37. The van der Waals surface area contributed by atoms with Gasteiger partial charge in [0, 0.05) is 24.8 Å². The van der Waals surface area contributed by atoms with Crippen LogP contribution in [0.5, 0.6) is 0 Å². The van der Waals surface area contributed by atoms with E-state index in [1.54, 1.807) is 21.0 Å². The van der Waals surface area contributed by atoms with E-state index in [0.717, 1.165) is 36.9 Å². The number of quaternary nitrogens is 1. The molecular weight excluding hydrogens is 386 g/mol. The maximum absolute atomic E-state index is 12.6. The normalized spacial score (nSPS) is 16.3. The number of rotatable bonds is 5. The van der Waals surface area contributed by atoms with E-state index in [2.05, 4.69) is 16.1 Å². The maximum atomic E-state index is 12.6. The highest BCUT2D eigenvalue weighted by atomic mass is 35.5. The standard InChI is InChI=1S/C18H26ClN5O2S/c1-14-18(27(25,26)21(3)4)15(2)24(20-14)13-22-8-10-23(11-9-22)17-7-5-6-16(19)12-17/h5-7,12H,8-11,13H2,1-4H3/p+1. The molecule has 0 amide bonds. The Hall–Kier alpha value is -1.61. The first kappa shape index (κ1) is 20.1. The molecule has 1 fully saturated rings. The molecule has 27 heavy (non-hydrogen) atoms. The van der Waals surface area contributed by atoms with E-state index in [4.69, 9.17) is 11.6 Å². The number of aryl methyl sites for hydroxylation is 1. The van der Waals surface area contributed by atoms with E-state index in [-0.39, 0.29) is 0 Å². The van der Waals surface area contributed by atoms with Crippen LogP contribution in [0.1, 0.15) is 11.4 Å². The second kappa shape index (κ2) is 7.79. The largest absolute Gasteiger partial charge is 0.360 e. The van der Waals surface area contributed by atoms with Crippen LogP contribution >= 0.6 is 11.6 Å². The van der Waals surface area contributed by atoms with Gasteiger partial charge in [-0.1, -0.05) is 17.7 Å². The second-order valence-electron chi connectivity index (χ2n) is 7.16. The zero-order valence-corrected chi connectivity index (χ0v) is 17.8. The predicted octanol–water partition coefficient (Wildman–Crippen LogP) is 0.766. The summed E-state index contributed by atoms with van der Waals surface area (Å²) >= 11 is 6.10. The van der Waals surface area contributed by atoms with E-state index in [1.165, 1.54) is 9.21 Å². The minimum absolute atomic E-state index is 0.324. The topological polar surface area (TPSA) is 62.9 Å². The molecule has 0 unspecified atom stereocenters. The Balaban J connectivity index is 1.70. The first-order valence-corrected chi connectivity index (χ1v) is 10.8. The molecule has 148 valence electrons. The van der Waals surface area contributed by atoms with E-state index in [1.807, 2.05) is 29.8 Å². The summed E-state index contributed by atoms with van der Waals surface area (Å²) in [6, 6.07) is 7.93. The zero-order chi connectivity index (χ0) is 19.8. The van der Waals surface area contributed by atoms with Crippen molar-refractivity contribution < 1.29 is 13.3 Å². The van der Waals surface area contributed by atoms with Crippen LogP contribution in [0, 0.1) is 13.8 Å². The molecule has 0 bridgehead atoms. The summed E-state index contributed by atoms with van der Waals surface area (Å²) < 4.78 is 28.2. The average molecular weight is 413 g/mol. The van der Waals surface area contributed by atoms with Crippen molar-refractivity contribution in [2.45, 2.75) is 25.4 Å². The molecule has 1 aromatic heterocycles. The SMILES string of the molecule is Cc1nn(C[NH+]2CCN(c3cccc(Cl)c3)CC2)c(C)c1S(=O)(=O)N(C)C. The van der Waals surface area contributed by atoms with Gasteiger partial charge in [-0.3, -0.25) is 0 Å². The molecular formula is C18H27ClN5O2S+. The molecule has 0 aliphatic carbocycles. The molecule has 0 atom stereocenters. The van der Waals surface area contributed by atoms with Crippen molar-refractivity contribution >= 4 is 27.3 Å². The third-order valence-electron chi connectivity index (χ3n) is 5.07. The van der Waals surface area contributed by atoms with E-state index < -0.39 is 10.0 Å². The molecule has 9 heteroatoms. The first-order chi connectivity index (χ1) is 12.7. The molecule has 0 saturated carbocycles. The zero-order valence-electron chi connectivity index (χ0n) is 16.2. The molecule has 3 rings (SSSR count). The average Bonchev–Trinajstić information content (AvgIpc) is 2.89. The molecule has 0 radical (unpaired) electrons. The van der Waals surface area contributed by atoms with Gasteiger partial charge in [-0.2, -0.15) is 5.10 Å². The minimum Gasteiger partial charge on any atom is -0.360 e. The van der Waals surface area contributed by atoms with E-state index in [0.29, 0.717) is 23.0 Å². The number of nitrogens with one attached hydrogen (secondary N) is 1. The lowest BCUT2D eigenvalue weighted by atomic mass is 10.2. The number of aromatic nitrogens is 2. The van der Waals surface area contributed by atoms with Gasteiger partial charge in [0.1, 0.15) is 4.90 Å². The molecule has 1 N–H and O–H groups in total. The molecule has 7 nitrogen and oxygen atoms in total. The van der Waals surface area contributed by atoms with Crippen LogP contribution in [-0.2, 0) is 16.7 Å². The van der Waals surface area contributed by atoms with E-state index in [9.17, 15) is 8.42 Å². The van der Waals surface area contributed by atoms with Crippen LogP contribution in [0.4, 0.5) is 5.69 Å². The third kappa shape index (κ3) is 4.13. The monoisotopic (exact) mass is 412 g/mol. The summed E-state index contributed by atoms with van der Waals surface area (Å²) in [6.45, 7) is 8.03. The summed E-state index contributed by atoms with van der Waals surface area (Å²) in [4.78, 5) is 4.04. The quantitative estimate of drug-likeness (QED) is 0.787. The van der Waals surface area contributed by atoms with Gasteiger partial charge in [0.15, 0.2) is 6.67 Å². The lowest BCUT2D eigenvalue weighted by Crippen LogP contribution is -3.14. The number of benzene rings is 1. The number of hydrogen-bond acceptors (Lipinski definition) is 4. The van der Waals surface area contributed by atoms with Crippen molar-refractivity contribution in [3.8, 4) is 0 Å². The van der Waals surface area contributed by atoms with Crippen LogP contribution in [0.15, 0.2) is 29.2 Å². The Labute approximate surface area is 166 Å². The molecule has 1 aromatic carbocycles. The van der Waals surface area contributed by atoms with Crippen molar-refractivity contribution in [1.82, 2.24) is 14.1 Å². The Morgan fingerprint density at radius 1 is 1.22 bits per heavy atom. The van der Waals surface area contributed by atoms with Crippen molar-refractivity contribution in [3.63, 3.8) is 0 Å². The van der Waals surface area contributed by atoms with Crippen molar-refractivity contribution in [1.29, 1.82) is 0 Å².